The highest BCUT2D eigenvalue weighted by atomic mass is 19.4. The number of aromatic nitrogens is 4. The number of rotatable bonds is 3. The maximum Gasteiger partial charge on any atom is 0.417 e. The van der Waals surface area contributed by atoms with E-state index in [1.54, 1.807) is 12.1 Å². The fourth-order valence-corrected chi connectivity index (χ4v) is 3.07. The molecular weight excluding hydrogens is 397 g/mol. The Balaban J connectivity index is 1.80. The third kappa shape index (κ3) is 3.66. The van der Waals surface area contributed by atoms with Gasteiger partial charge in [-0.15, -0.1) is 0 Å². The zero-order valence-corrected chi connectivity index (χ0v) is 15.6. The standard InChI is InChI=1S/C20H15F3N6O/c1-11(30)26-17-10-29-18(27-17)7-6-16(28-29)12-8-14(19(24)25-9-12)13-4-2-3-5-15(13)20(21,22)23/h2-10H,1H3,(H2,24,25)(H,26,30). The molecule has 1 amide bonds. The molecule has 0 atom stereocenters. The maximum atomic E-state index is 13.4. The van der Waals surface area contributed by atoms with E-state index in [-0.39, 0.29) is 22.9 Å². The molecule has 7 nitrogen and oxygen atoms in total. The highest BCUT2D eigenvalue weighted by molar-refractivity contribution is 5.88. The number of benzene rings is 1. The van der Waals surface area contributed by atoms with Crippen LogP contribution in [0.15, 0.2) is 54.9 Å². The number of anilines is 2. The van der Waals surface area contributed by atoms with Gasteiger partial charge in [0.05, 0.1) is 17.5 Å². The number of imidazole rings is 1. The second kappa shape index (κ2) is 7.14. The lowest BCUT2D eigenvalue weighted by Crippen LogP contribution is -2.08. The Morgan fingerprint density at radius 2 is 1.90 bits per heavy atom. The van der Waals surface area contributed by atoms with Gasteiger partial charge in [0.25, 0.3) is 0 Å². The fourth-order valence-electron chi connectivity index (χ4n) is 3.07. The van der Waals surface area contributed by atoms with E-state index in [1.807, 2.05) is 0 Å². The van der Waals surface area contributed by atoms with Gasteiger partial charge in [0, 0.05) is 24.2 Å². The first kappa shape index (κ1) is 19.4. The van der Waals surface area contributed by atoms with Crippen molar-refractivity contribution in [2.24, 2.45) is 0 Å². The molecule has 0 aliphatic heterocycles. The van der Waals surface area contributed by atoms with E-state index in [2.05, 4.69) is 20.4 Å². The molecule has 152 valence electrons. The number of amides is 1. The predicted octanol–water partition coefficient (Wildman–Crippen LogP) is 4.02. The molecule has 0 bridgehead atoms. The normalized spacial score (nSPS) is 11.6. The molecule has 0 fully saturated rings. The molecule has 0 spiro atoms. The van der Waals surface area contributed by atoms with Crippen LogP contribution in [-0.2, 0) is 11.0 Å². The third-order valence-electron chi connectivity index (χ3n) is 4.36. The van der Waals surface area contributed by atoms with Gasteiger partial charge < -0.3 is 11.1 Å². The van der Waals surface area contributed by atoms with Crippen molar-refractivity contribution in [1.82, 2.24) is 19.6 Å². The molecule has 3 aromatic heterocycles. The Hall–Kier alpha value is -3.95. The number of carbonyl (C=O) groups excluding carboxylic acids is 1. The largest absolute Gasteiger partial charge is 0.417 e. The first-order chi connectivity index (χ1) is 14.2. The summed E-state index contributed by atoms with van der Waals surface area (Å²) in [5.41, 5.74) is 6.62. The third-order valence-corrected chi connectivity index (χ3v) is 4.36. The average Bonchev–Trinajstić information content (AvgIpc) is 3.08. The topological polar surface area (TPSA) is 98.2 Å². The van der Waals surface area contributed by atoms with Crippen LogP contribution in [-0.4, -0.2) is 25.5 Å². The van der Waals surface area contributed by atoms with Crippen LogP contribution in [0.4, 0.5) is 24.8 Å². The number of nitrogens with zero attached hydrogens (tertiary/aromatic N) is 4. The number of hydrogen-bond acceptors (Lipinski definition) is 5. The summed E-state index contributed by atoms with van der Waals surface area (Å²) >= 11 is 0. The fraction of sp³-hybridized carbons (Fsp3) is 0.100. The Labute approximate surface area is 168 Å². The quantitative estimate of drug-likeness (QED) is 0.530. The molecule has 0 aliphatic rings. The van der Waals surface area contributed by atoms with Crippen LogP contribution in [0.2, 0.25) is 0 Å². The minimum atomic E-state index is -4.53. The number of pyridine rings is 1. The molecule has 3 heterocycles. The molecule has 4 rings (SSSR count). The van der Waals surface area contributed by atoms with Crippen molar-refractivity contribution in [2.45, 2.75) is 13.1 Å². The highest BCUT2D eigenvalue weighted by Gasteiger charge is 2.33. The minimum absolute atomic E-state index is 0.0212. The van der Waals surface area contributed by atoms with Gasteiger partial charge in [-0.05, 0) is 29.8 Å². The van der Waals surface area contributed by atoms with Gasteiger partial charge >= 0.3 is 6.18 Å². The summed E-state index contributed by atoms with van der Waals surface area (Å²) in [7, 11) is 0. The minimum Gasteiger partial charge on any atom is -0.383 e. The summed E-state index contributed by atoms with van der Waals surface area (Å²) < 4.78 is 41.8. The average molecular weight is 412 g/mol. The summed E-state index contributed by atoms with van der Waals surface area (Å²) in [6, 6.07) is 10.0. The molecule has 4 aromatic rings. The number of hydrogen-bond donors (Lipinski definition) is 2. The number of carbonyl (C=O) groups is 1. The van der Waals surface area contributed by atoms with E-state index in [4.69, 9.17) is 5.73 Å². The molecule has 10 heteroatoms. The van der Waals surface area contributed by atoms with Crippen LogP contribution >= 0.6 is 0 Å². The Bertz CT molecular complexity index is 1270. The van der Waals surface area contributed by atoms with Crippen LogP contribution < -0.4 is 11.1 Å². The lowest BCUT2D eigenvalue weighted by molar-refractivity contribution is -0.137. The molecule has 0 unspecified atom stereocenters. The number of alkyl halides is 3. The Kier molecular flexibility index (Phi) is 4.61. The van der Waals surface area contributed by atoms with Crippen molar-refractivity contribution < 1.29 is 18.0 Å². The summed E-state index contributed by atoms with van der Waals surface area (Å²) in [4.78, 5) is 19.5. The van der Waals surface area contributed by atoms with Crippen molar-refractivity contribution in [2.75, 3.05) is 11.1 Å². The summed E-state index contributed by atoms with van der Waals surface area (Å²) in [5.74, 6) is 0.0452. The zero-order chi connectivity index (χ0) is 21.5. The molecule has 30 heavy (non-hydrogen) atoms. The van der Waals surface area contributed by atoms with Crippen LogP contribution in [0.3, 0.4) is 0 Å². The smallest absolute Gasteiger partial charge is 0.383 e. The van der Waals surface area contributed by atoms with Gasteiger partial charge in [0.15, 0.2) is 11.5 Å². The number of fused-ring (bicyclic) bond motifs is 1. The first-order valence-electron chi connectivity index (χ1n) is 8.79. The van der Waals surface area contributed by atoms with Crippen molar-refractivity contribution in [3.8, 4) is 22.4 Å². The lowest BCUT2D eigenvalue weighted by atomic mass is 9.98. The van der Waals surface area contributed by atoms with Gasteiger partial charge in [-0.1, -0.05) is 18.2 Å². The van der Waals surface area contributed by atoms with E-state index in [0.717, 1.165) is 6.07 Å². The number of nitrogens with one attached hydrogen (secondary N) is 1. The van der Waals surface area contributed by atoms with Crippen molar-refractivity contribution in [3.05, 3.63) is 60.4 Å². The van der Waals surface area contributed by atoms with Gasteiger partial charge in [-0.2, -0.15) is 18.3 Å². The van der Waals surface area contributed by atoms with E-state index >= 15 is 0 Å². The summed E-state index contributed by atoms with van der Waals surface area (Å²) in [6.45, 7) is 1.36. The molecular formula is C20H15F3N6O. The van der Waals surface area contributed by atoms with E-state index in [0.29, 0.717) is 22.7 Å². The van der Waals surface area contributed by atoms with Crippen LogP contribution in [0.5, 0.6) is 0 Å². The van der Waals surface area contributed by atoms with Gasteiger partial charge in [-0.25, -0.2) is 14.5 Å². The van der Waals surface area contributed by atoms with Crippen molar-refractivity contribution in [1.29, 1.82) is 0 Å². The van der Waals surface area contributed by atoms with Gasteiger partial charge in [0.2, 0.25) is 5.91 Å². The van der Waals surface area contributed by atoms with E-state index in [1.165, 1.54) is 48.1 Å². The summed E-state index contributed by atoms with van der Waals surface area (Å²) in [6.07, 6.45) is -1.56. The van der Waals surface area contributed by atoms with Crippen molar-refractivity contribution in [3.63, 3.8) is 0 Å². The SMILES string of the molecule is CC(=O)Nc1cn2nc(-c3cnc(N)c(-c4ccccc4C(F)(F)F)c3)ccc2n1. The second-order valence-corrected chi connectivity index (χ2v) is 6.53. The molecule has 1 aromatic carbocycles. The molecule has 0 saturated carbocycles. The Morgan fingerprint density at radius 1 is 1.13 bits per heavy atom. The molecule has 3 N–H and O–H groups in total. The number of nitrogens with two attached hydrogens (primary N) is 1. The second-order valence-electron chi connectivity index (χ2n) is 6.53. The van der Waals surface area contributed by atoms with E-state index in [9.17, 15) is 18.0 Å². The number of nitrogen functional groups attached to an aromatic ring is 1. The lowest BCUT2D eigenvalue weighted by Gasteiger charge is -2.14. The Morgan fingerprint density at radius 3 is 2.63 bits per heavy atom. The van der Waals surface area contributed by atoms with Gasteiger partial charge in [-0.3, -0.25) is 4.79 Å². The molecule has 0 aliphatic carbocycles. The predicted molar refractivity (Wildman–Crippen MR) is 105 cm³/mol. The zero-order valence-electron chi connectivity index (χ0n) is 15.6. The highest BCUT2D eigenvalue weighted by Crippen LogP contribution is 2.39. The van der Waals surface area contributed by atoms with E-state index < -0.39 is 11.7 Å². The van der Waals surface area contributed by atoms with Gasteiger partial charge in [0.1, 0.15) is 5.82 Å². The number of halogens is 3. The van der Waals surface area contributed by atoms with Crippen LogP contribution in [0.1, 0.15) is 12.5 Å². The molecule has 0 saturated heterocycles. The first-order valence-corrected chi connectivity index (χ1v) is 8.79. The molecule has 0 radical (unpaired) electrons. The maximum absolute atomic E-state index is 13.4. The van der Waals surface area contributed by atoms with Crippen molar-refractivity contribution >= 4 is 23.2 Å². The monoisotopic (exact) mass is 412 g/mol. The van der Waals surface area contributed by atoms with Crippen LogP contribution in [0, 0.1) is 0 Å². The van der Waals surface area contributed by atoms with Crippen LogP contribution in [0.25, 0.3) is 28.0 Å². The summed E-state index contributed by atoms with van der Waals surface area (Å²) in [5, 5.41) is 6.97.